The Morgan fingerprint density at radius 1 is 1.50 bits per heavy atom. The maximum atomic E-state index is 13.4. The highest BCUT2D eigenvalue weighted by Gasteiger charge is 2.33. The standard InChI is InChI=1S/C12H9Cl2FO3/c1-5(15)11-8(12(16)17)4-7-9(14)2-6(13)3-10(7)18-11/h2-5,11H,1H3,(H,16,17). The predicted molar refractivity (Wildman–Crippen MR) is 67.1 cm³/mol. The molecule has 2 rings (SSSR count). The van der Waals surface area contributed by atoms with Crippen molar-refractivity contribution in [1.29, 1.82) is 0 Å². The number of carboxylic acids is 1. The van der Waals surface area contributed by atoms with Crippen molar-refractivity contribution >= 4 is 35.2 Å². The van der Waals surface area contributed by atoms with Gasteiger partial charge in [0.05, 0.1) is 10.6 Å². The van der Waals surface area contributed by atoms with Crippen LogP contribution in [-0.4, -0.2) is 23.4 Å². The van der Waals surface area contributed by atoms with Gasteiger partial charge in [-0.3, -0.25) is 0 Å². The van der Waals surface area contributed by atoms with E-state index in [0.717, 1.165) is 0 Å². The van der Waals surface area contributed by atoms with E-state index in [1.807, 2.05) is 0 Å². The minimum absolute atomic E-state index is 0.165. The first kappa shape index (κ1) is 13.2. The van der Waals surface area contributed by atoms with Crippen LogP contribution in [0.4, 0.5) is 4.39 Å². The van der Waals surface area contributed by atoms with Crippen LogP contribution in [0.5, 0.6) is 5.75 Å². The monoisotopic (exact) mass is 290 g/mol. The molecule has 18 heavy (non-hydrogen) atoms. The second-order valence-electron chi connectivity index (χ2n) is 3.92. The van der Waals surface area contributed by atoms with E-state index in [4.69, 9.17) is 33.0 Å². The summed E-state index contributed by atoms with van der Waals surface area (Å²) >= 11 is 11.8. The second kappa shape index (κ2) is 4.78. The van der Waals surface area contributed by atoms with Crippen LogP contribution in [0.15, 0.2) is 17.7 Å². The van der Waals surface area contributed by atoms with Crippen molar-refractivity contribution < 1.29 is 19.0 Å². The van der Waals surface area contributed by atoms with E-state index in [1.165, 1.54) is 25.1 Å². The maximum absolute atomic E-state index is 13.4. The molecule has 2 unspecified atom stereocenters. The Hall–Kier alpha value is -1.26. The number of fused-ring (bicyclic) bond motifs is 1. The first-order valence-corrected chi connectivity index (χ1v) is 5.90. The third kappa shape index (κ3) is 2.31. The number of halogens is 3. The summed E-state index contributed by atoms with van der Waals surface area (Å²) in [5.41, 5.74) is 0.233. The van der Waals surface area contributed by atoms with Gasteiger partial charge in [0, 0.05) is 10.6 Å². The fourth-order valence-corrected chi connectivity index (χ4v) is 2.29. The minimum atomic E-state index is -1.46. The van der Waals surface area contributed by atoms with Gasteiger partial charge < -0.3 is 9.84 Å². The molecule has 96 valence electrons. The molecule has 0 amide bonds. The average molecular weight is 291 g/mol. The molecule has 6 heteroatoms. The molecule has 0 spiro atoms. The topological polar surface area (TPSA) is 46.5 Å². The van der Waals surface area contributed by atoms with E-state index >= 15 is 0 Å². The average Bonchev–Trinajstić information content (AvgIpc) is 2.26. The molecule has 1 aromatic carbocycles. The van der Waals surface area contributed by atoms with Gasteiger partial charge in [-0.05, 0) is 25.1 Å². The third-order valence-electron chi connectivity index (χ3n) is 2.58. The summed E-state index contributed by atoms with van der Waals surface area (Å²) in [5.74, 6) is -0.951. The molecule has 1 aromatic rings. The summed E-state index contributed by atoms with van der Waals surface area (Å²) in [6, 6.07) is 2.95. The largest absolute Gasteiger partial charge is 0.482 e. The number of hydrogen-bond acceptors (Lipinski definition) is 2. The Labute approximate surface area is 113 Å². The molecule has 1 N–H and O–H groups in total. The summed E-state index contributed by atoms with van der Waals surface area (Å²) in [7, 11) is 0. The van der Waals surface area contributed by atoms with Crippen LogP contribution < -0.4 is 4.74 Å². The molecule has 0 saturated heterocycles. The Morgan fingerprint density at radius 3 is 2.72 bits per heavy atom. The summed E-state index contributed by atoms with van der Waals surface area (Å²) < 4.78 is 18.7. The fraction of sp³-hybridized carbons (Fsp3) is 0.250. The molecule has 1 heterocycles. The molecule has 0 saturated carbocycles. The molecule has 1 aliphatic rings. The first-order chi connectivity index (χ1) is 8.40. The SMILES string of the molecule is CC(F)C1Oc2cc(Cl)cc(Cl)c2C=C1C(=O)O. The molecule has 1 aliphatic heterocycles. The Bertz CT molecular complexity index is 540. The van der Waals surface area contributed by atoms with Crippen molar-refractivity contribution in [3.05, 3.63) is 33.3 Å². The zero-order valence-electron chi connectivity index (χ0n) is 9.28. The van der Waals surface area contributed by atoms with E-state index in [2.05, 4.69) is 0 Å². The van der Waals surface area contributed by atoms with Gasteiger partial charge >= 0.3 is 5.97 Å². The van der Waals surface area contributed by atoms with Crippen LogP contribution in [0.25, 0.3) is 6.08 Å². The summed E-state index contributed by atoms with van der Waals surface area (Å²) in [4.78, 5) is 11.1. The molecule has 2 atom stereocenters. The second-order valence-corrected chi connectivity index (χ2v) is 4.76. The van der Waals surface area contributed by atoms with E-state index < -0.39 is 18.2 Å². The number of alkyl halides is 1. The number of hydrogen-bond donors (Lipinski definition) is 1. The lowest BCUT2D eigenvalue weighted by atomic mass is 9.99. The normalized spacial score (nSPS) is 19.6. The van der Waals surface area contributed by atoms with E-state index in [1.54, 1.807) is 0 Å². The molecule has 0 bridgehead atoms. The number of benzene rings is 1. The molecule has 0 aromatic heterocycles. The summed E-state index contributed by atoms with van der Waals surface area (Å²) in [5, 5.41) is 9.65. The fourth-order valence-electron chi connectivity index (χ4n) is 1.76. The zero-order chi connectivity index (χ0) is 13.4. The smallest absolute Gasteiger partial charge is 0.335 e. The van der Waals surface area contributed by atoms with Crippen LogP contribution in [0.1, 0.15) is 12.5 Å². The quantitative estimate of drug-likeness (QED) is 0.906. The van der Waals surface area contributed by atoms with Gasteiger partial charge in [0.25, 0.3) is 0 Å². The van der Waals surface area contributed by atoms with Crippen molar-refractivity contribution in [1.82, 2.24) is 0 Å². The molecule has 0 aliphatic carbocycles. The van der Waals surface area contributed by atoms with Gasteiger partial charge in [-0.15, -0.1) is 0 Å². The van der Waals surface area contributed by atoms with E-state index in [-0.39, 0.29) is 16.3 Å². The van der Waals surface area contributed by atoms with Crippen LogP contribution in [0.3, 0.4) is 0 Å². The van der Waals surface area contributed by atoms with Crippen LogP contribution in [0, 0.1) is 0 Å². The lowest BCUT2D eigenvalue weighted by Crippen LogP contribution is -2.34. The number of aliphatic carboxylic acids is 1. The Balaban J connectivity index is 2.58. The molecular formula is C12H9Cl2FO3. The highest BCUT2D eigenvalue weighted by atomic mass is 35.5. The lowest BCUT2D eigenvalue weighted by molar-refractivity contribution is -0.133. The van der Waals surface area contributed by atoms with E-state index in [0.29, 0.717) is 10.6 Å². The van der Waals surface area contributed by atoms with Crippen molar-refractivity contribution in [3.63, 3.8) is 0 Å². The lowest BCUT2D eigenvalue weighted by Gasteiger charge is -2.26. The molecule has 0 fully saturated rings. The van der Waals surface area contributed by atoms with Crippen molar-refractivity contribution in [2.45, 2.75) is 19.2 Å². The highest BCUT2D eigenvalue weighted by Crippen LogP contribution is 2.38. The van der Waals surface area contributed by atoms with Crippen LogP contribution >= 0.6 is 23.2 Å². The molecular weight excluding hydrogens is 282 g/mol. The third-order valence-corrected chi connectivity index (χ3v) is 3.11. The van der Waals surface area contributed by atoms with Crippen molar-refractivity contribution in [2.75, 3.05) is 0 Å². The van der Waals surface area contributed by atoms with Gasteiger partial charge in [-0.2, -0.15) is 0 Å². The first-order valence-electron chi connectivity index (χ1n) is 5.15. The maximum Gasteiger partial charge on any atom is 0.335 e. The number of ether oxygens (including phenoxy) is 1. The molecule has 3 nitrogen and oxygen atoms in total. The number of carboxylic acid groups (broad SMARTS) is 1. The summed E-state index contributed by atoms with van der Waals surface area (Å²) in [6.45, 7) is 1.23. The van der Waals surface area contributed by atoms with Crippen molar-refractivity contribution in [3.8, 4) is 5.75 Å². The van der Waals surface area contributed by atoms with Gasteiger partial charge in [0.1, 0.15) is 11.9 Å². The number of rotatable bonds is 2. The van der Waals surface area contributed by atoms with Gasteiger partial charge in [-0.25, -0.2) is 9.18 Å². The van der Waals surface area contributed by atoms with Crippen LogP contribution in [0.2, 0.25) is 10.0 Å². The van der Waals surface area contributed by atoms with Gasteiger partial charge in [0.2, 0.25) is 0 Å². The van der Waals surface area contributed by atoms with Gasteiger partial charge in [0.15, 0.2) is 6.10 Å². The van der Waals surface area contributed by atoms with Crippen molar-refractivity contribution in [2.24, 2.45) is 0 Å². The predicted octanol–water partition coefficient (Wildman–Crippen LogP) is 3.58. The minimum Gasteiger partial charge on any atom is -0.482 e. The zero-order valence-corrected chi connectivity index (χ0v) is 10.8. The van der Waals surface area contributed by atoms with E-state index in [9.17, 15) is 9.18 Å². The van der Waals surface area contributed by atoms with Crippen LogP contribution in [-0.2, 0) is 4.79 Å². The summed E-state index contributed by atoms with van der Waals surface area (Å²) in [6.07, 6.45) is -1.30. The Morgan fingerprint density at radius 2 is 2.17 bits per heavy atom. The molecule has 0 radical (unpaired) electrons. The van der Waals surface area contributed by atoms with Gasteiger partial charge in [-0.1, -0.05) is 23.2 Å². The highest BCUT2D eigenvalue weighted by molar-refractivity contribution is 6.36. The number of carbonyl (C=O) groups is 1. The Kier molecular flexibility index (Phi) is 3.50.